The largest absolute Gasteiger partial charge is 0.465 e. The molecule has 0 aliphatic heterocycles. The predicted molar refractivity (Wildman–Crippen MR) is 114 cm³/mol. The smallest absolute Gasteiger partial charge is 0.416 e. The highest BCUT2D eigenvalue weighted by Gasteiger charge is 2.32. The molecular weight excluding hydrogens is 447 g/mol. The third-order valence-corrected chi connectivity index (χ3v) is 5.82. The monoisotopic (exact) mass is 469 g/mol. The highest BCUT2D eigenvalue weighted by molar-refractivity contribution is 6.33. The maximum Gasteiger partial charge on any atom is 0.416 e. The van der Waals surface area contributed by atoms with Crippen molar-refractivity contribution in [3.63, 3.8) is 0 Å². The summed E-state index contributed by atoms with van der Waals surface area (Å²) in [6.45, 7) is 0.598. The minimum Gasteiger partial charge on any atom is -0.465 e. The molecule has 0 saturated heterocycles. The fraction of sp³-hybridized carbons (Fsp3) is 0.409. The summed E-state index contributed by atoms with van der Waals surface area (Å²) in [4.78, 5) is 28.5. The molecule has 1 aromatic carbocycles. The summed E-state index contributed by atoms with van der Waals surface area (Å²) in [5, 5.41) is 5.96. The molecule has 1 aromatic heterocycles. The molecule has 1 saturated carbocycles. The van der Waals surface area contributed by atoms with Crippen molar-refractivity contribution in [3.8, 4) is 0 Å². The summed E-state index contributed by atoms with van der Waals surface area (Å²) in [6.07, 6.45) is -0.00303. The van der Waals surface area contributed by atoms with Gasteiger partial charge in [-0.15, -0.1) is 0 Å². The molecule has 1 amide bonds. The van der Waals surface area contributed by atoms with E-state index < -0.39 is 23.6 Å². The van der Waals surface area contributed by atoms with Gasteiger partial charge >= 0.3 is 12.1 Å². The molecule has 172 valence electrons. The Balaban J connectivity index is 1.53. The number of anilines is 1. The van der Waals surface area contributed by atoms with E-state index in [2.05, 4.69) is 15.6 Å². The van der Waals surface area contributed by atoms with Gasteiger partial charge in [-0.1, -0.05) is 11.6 Å². The number of methoxy groups -OCH3 is 1. The van der Waals surface area contributed by atoms with Gasteiger partial charge in [0, 0.05) is 18.8 Å². The van der Waals surface area contributed by atoms with Crippen LogP contribution in [0, 0.1) is 5.92 Å². The first-order valence-electron chi connectivity index (χ1n) is 10.1. The van der Waals surface area contributed by atoms with Crippen molar-refractivity contribution in [1.29, 1.82) is 0 Å². The maximum atomic E-state index is 12.9. The number of hydrogen-bond acceptors (Lipinski definition) is 5. The molecule has 0 radical (unpaired) electrons. The molecule has 1 fully saturated rings. The number of rotatable bonds is 6. The Labute approximate surface area is 188 Å². The molecule has 1 aliphatic rings. The van der Waals surface area contributed by atoms with E-state index in [1.165, 1.54) is 7.11 Å². The van der Waals surface area contributed by atoms with Crippen LogP contribution in [0.25, 0.3) is 0 Å². The summed E-state index contributed by atoms with van der Waals surface area (Å²) in [6, 6.07) is 5.85. The van der Waals surface area contributed by atoms with E-state index in [9.17, 15) is 22.8 Å². The van der Waals surface area contributed by atoms with Crippen molar-refractivity contribution < 1.29 is 27.5 Å². The number of benzene rings is 1. The first kappa shape index (κ1) is 23.8. The first-order valence-corrected chi connectivity index (χ1v) is 10.5. The zero-order valence-corrected chi connectivity index (χ0v) is 18.1. The van der Waals surface area contributed by atoms with Crippen LogP contribution < -0.4 is 10.6 Å². The van der Waals surface area contributed by atoms with E-state index in [0.29, 0.717) is 36.7 Å². The molecule has 0 bridgehead atoms. The molecule has 2 aromatic rings. The van der Waals surface area contributed by atoms with Crippen LogP contribution in [-0.4, -0.2) is 36.6 Å². The molecule has 2 N–H and O–H groups in total. The average molecular weight is 470 g/mol. The van der Waals surface area contributed by atoms with E-state index in [1.54, 1.807) is 18.3 Å². The Morgan fingerprint density at radius 2 is 1.88 bits per heavy atom. The van der Waals surface area contributed by atoms with Gasteiger partial charge in [0.05, 0.1) is 23.3 Å². The van der Waals surface area contributed by atoms with Crippen LogP contribution in [-0.2, 0) is 10.9 Å². The van der Waals surface area contributed by atoms with E-state index in [1.807, 2.05) is 0 Å². The number of alkyl halides is 3. The lowest BCUT2D eigenvalue weighted by Gasteiger charge is -2.29. The lowest BCUT2D eigenvalue weighted by molar-refractivity contribution is -0.137. The van der Waals surface area contributed by atoms with Crippen LogP contribution in [0.1, 0.15) is 52.0 Å². The lowest BCUT2D eigenvalue weighted by Crippen LogP contribution is -2.38. The average Bonchev–Trinajstić information content (AvgIpc) is 2.77. The summed E-state index contributed by atoms with van der Waals surface area (Å²) >= 11 is 5.95. The Kier molecular flexibility index (Phi) is 7.60. The van der Waals surface area contributed by atoms with Gasteiger partial charge in [0.1, 0.15) is 11.4 Å². The standard InChI is InChI=1S/C22H23ClF3N3O3/c1-32-21(31)16-3-2-10-27-19(16)28-12-13-4-7-15(8-5-13)29-20(30)17-11-14(22(24,25)26)6-9-18(17)23/h2-3,6,9-11,13,15H,4-5,7-8,12H2,1H3,(H,27,28)(H,29,30)/t13-,15-. The Morgan fingerprint density at radius 1 is 1.16 bits per heavy atom. The Hall–Kier alpha value is -2.81. The zero-order valence-electron chi connectivity index (χ0n) is 17.3. The van der Waals surface area contributed by atoms with Crippen molar-refractivity contribution in [3.05, 3.63) is 58.2 Å². The van der Waals surface area contributed by atoms with Gasteiger partial charge in [-0.05, 0) is 61.9 Å². The van der Waals surface area contributed by atoms with Crippen molar-refractivity contribution in [1.82, 2.24) is 10.3 Å². The van der Waals surface area contributed by atoms with Crippen LogP contribution in [0.3, 0.4) is 0 Å². The van der Waals surface area contributed by atoms with Crippen LogP contribution in [0.2, 0.25) is 5.02 Å². The summed E-state index contributed by atoms with van der Waals surface area (Å²) in [5.74, 6) is -0.332. The maximum absolute atomic E-state index is 12.9. The van der Waals surface area contributed by atoms with E-state index in [-0.39, 0.29) is 16.6 Å². The lowest BCUT2D eigenvalue weighted by atomic mass is 9.86. The van der Waals surface area contributed by atoms with Crippen LogP contribution >= 0.6 is 11.6 Å². The number of pyridine rings is 1. The summed E-state index contributed by atoms with van der Waals surface area (Å²) in [7, 11) is 1.31. The molecule has 3 rings (SSSR count). The van der Waals surface area contributed by atoms with E-state index in [0.717, 1.165) is 31.0 Å². The van der Waals surface area contributed by atoms with Crippen LogP contribution in [0.5, 0.6) is 0 Å². The predicted octanol–water partition coefficient (Wildman–Crippen LogP) is 4.94. The molecular formula is C22H23ClF3N3O3. The number of hydrogen-bond donors (Lipinski definition) is 2. The zero-order chi connectivity index (χ0) is 23.3. The van der Waals surface area contributed by atoms with Crippen LogP contribution in [0.4, 0.5) is 19.0 Å². The van der Waals surface area contributed by atoms with E-state index >= 15 is 0 Å². The number of carbonyl (C=O) groups is 2. The highest BCUT2D eigenvalue weighted by Crippen LogP contribution is 2.32. The molecule has 10 heteroatoms. The van der Waals surface area contributed by atoms with Crippen molar-refractivity contribution in [2.24, 2.45) is 5.92 Å². The normalized spacial score (nSPS) is 18.7. The van der Waals surface area contributed by atoms with Crippen molar-refractivity contribution in [2.45, 2.75) is 37.9 Å². The molecule has 1 heterocycles. The fourth-order valence-corrected chi connectivity index (χ4v) is 3.91. The van der Waals surface area contributed by atoms with Crippen molar-refractivity contribution in [2.75, 3.05) is 19.0 Å². The SMILES string of the molecule is COC(=O)c1cccnc1NC[C@H]1CC[C@H](NC(=O)c2cc(C(F)(F)F)ccc2Cl)CC1. The minimum atomic E-state index is -4.55. The second-order valence-electron chi connectivity index (χ2n) is 7.66. The molecule has 1 aliphatic carbocycles. The quantitative estimate of drug-likeness (QED) is 0.586. The molecule has 32 heavy (non-hydrogen) atoms. The van der Waals surface area contributed by atoms with Gasteiger partial charge in [-0.3, -0.25) is 4.79 Å². The fourth-order valence-electron chi connectivity index (χ4n) is 3.71. The number of nitrogens with one attached hydrogen (secondary N) is 2. The van der Waals surface area contributed by atoms with Crippen LogP contribution in [0.15, 0.2) is 36.5 Å². The van der Waals surface area contributed by atoms with Gasteiger partial charge in [0.15, 0.2) is 0 Å². The van der Waals surface area contributed by atoms with Gasteiger partial charge < -0.3 is 15.4 Å². The molecule has 6 nitrogen and oxygen atoms in total. The van der Waals surface area contributed by atoms with Gasteiger partial charge in [-0.2, -0.15) is 13.2 Å². The van der Waals surface area contributed by atoms with E-state index in [4.69, 9.17) is 16.3 Å². The number of nitrogens with zero attached hydrogens (tertiary/aromatic N) is 1. The van der Waals surface area contributed by atoms with Gasteiger partial charge in [0.25, 0.3) is 5.91 Å². The summed E-state index contributed by atoms with van der Waals surface area (Å²) < 4.78 is 43.6. The highest BCUT2D eigenvalue weighted by atomic mass is 35.5. The third-order valence-electron chi connectivity index (χ3n) is 5.49. The second kappa shape index (κ2) is 10.2. The number of carbonyl (C=O) groups excluding carboxylic acids is 2. The number of amides is 1. The summed E-state index contributed by atoms with van der Waals surface area (Å²) in [5.41, 5.74) is -0.743. The van der Waals surface area contributed by atoms with Gasteiger partial charge in [-0.25, -0.2) is 9.78 Å². The topological polar surface area (TPSA) is 80.3 Å². The first-order chi connectivity index (χ1) is 15.2. The number of esters is 1. The third kappa shape index (κ3) is 5.91. The van der Waals surface area contributed by atoms with Crippen molar-refractivity contribution >= 4 is 29.3 Å². The molecule has 0 unspecified atom stereocenters. The van der Waals surface area contributed by atoms with Gasteiger partial charge in [0.2, 0.25) is 0 Å². The number of ether oxygens (including phenoxy) is 1. The Morgan fingerprint density at radius 3 is 2.53 bits per heavy atom. The number of halogens is 4. The second-order valence-corrected chi connectivity index (χ2v) is 8.06. The number of aromatic nitrogens is 1. The Bertz CT molecular complexity index is 976. The molecule has 0 atom stereocenters. The molecule has 0 spiro atoms. The minimum absolute atomic E-state index is 0.0230.